The Morgan fingerprint density at radius 3 is 2.35 bits per heavy atom. The average molecular weight is 295 g/mol. The van der Waals surface area contributed by atoms with Crippen molar-refractivity contribution in [3.63, 3.8) is 0 Å². The van der Waals surface area contributed by atoms with Crippen molar-refractivity contribution in [1.82, 2.24) is 9.80 Å². The summed E-state index contributed by atoms with van der Waals surface area (Å²) in [6.45, 7) is 3.70. The van der Waals surface area contributed by atoms with Crippen LogP contribution in [-0.2, 0) is 16.1 Å². The van der Waals surface area contributed by atoms with Gasteiger partial charge in [0.1, 0.15) is 6.54 Å². The van der Waals surface area contributed by atoms with Crippen LogP contribution < -0.4 is 0 Å². The van der Waals surface area contributed by atoms with E-state index in [1.54, 1.807) is 17.0 Å². The molecule has 2 rings (SSSR count). The molecule has 1 aromatic carbocycles. The van der Waals surface area contributed by atoms with Gasteiger partial charge in [-0.15, -0.1) is 0 Å². The molecule has 1 saturated heterocycles. The van der Waals surface area contributed by atoms with Crippen LogP contribution >= 0.6 is 11.6 Å². The Kier molecular flexibility index (Phi) is 5.01. The standard InChI is InChI=1S/C15H19ClN2O2/c1-12(19)18(10-13-4-6-14(16)7-5-13)11-15(20)17-8-2-3-9-17/h4-7H,2-3,8-11H2,1H3. The zero-order valence-corrected chi connectivity index (χ0v) is 12.4. The Morgan fingerprint density at radius 2 is 1.80 bits per heavy atom. The molecule has 0 atom stereocenters. The van der Waals surface area contributed by atoms with E-state index >= 15 is 0 Å². The first-order valence-corrected chi connectivity index (χ1v) is 7.22. The minimum Gasteiger partial charge on any atom is -0.341 e. The first-order chi connectivity index (χ1) is 9.56. The van der Waals surface area contributed by atoms with E-state index in [0.717, 1.165) is 31.5 Å². The summed E-state index contributed by atoms with van der Waals surface area (Å²) in [6, 6.07) is 7.33. The Balaban J connectivity index is 1.98. The van der Waals surface area contributed by atoms with Gasteiger partial charge < -0.3 is 9.80 Å². The maximum Gasteiger partial charge on any atom is 0.242 e. The molecule has 20 heavy (non-hydrogen) atoms. The van der Waals surface area contributed by atoms with E-state index in [-0.39, 0.29) is 18.4 Å². The highest BCUT2D eigenvalue weighted by Gasteiger charge is 2.21. The van der Waals surface area contributed by atoms with Gasteiger partial charge in [-0.05, 0) is 30.5 Å². The normalized spacial score (nSPS) is 14.4. The summed E-state index contributed by atoms with van der Waals surface area (Å²) in [7, 11) is 0. The molecule has 1 aliphatic heterocycles. The minimum atomic E-state index is -0.0903. The molecule has 1 aliphatic rings. The number of carbonyl (C=O) groups is 2. The summed E-state index contributed by atoms with van der Waals surface area (Å²) in [6.07, 6.45) is 2.12. The molecule has 0 bridgehead atoms. The molecule has 0 spiro atoms. The molecule has 0 N–H and O–H groups in total. The summed E-state index contributed by atoms with van der Waals surface area (Å²) in [5, 5.41) is 0.663. The number of benzene rings is 1. The van der Waals surface area contributed by atoms with E-state index < -0.39 is 0 Å². The number of halogens is 1. The van der Waals surface area contributed by atoms with Crippen LogP contribution in [0.25, 0.3) is 0 Å². The van der Waals surface area contributed by atoms with Gasteiger partial charge in [0, 0.05) is 31.6 Å². The van der Waals surface area contributed by atoms with Crippen LogP contribution in [0.1, 0.15) is 25.3 Å². The molecule has 0 unspecified atom stereocenters. The largest absolute Gasteiger partial charge is 0.341 e. The van der Waals surface area contributed by atoms with E-state index in [0.29, 0.717) is 11.6 Å². The van der Waals surface area contributed by atoms with E-state index in [4.69, 9.17) is 11.6 Å². The summed E-state index contributed by atoms with van der Waals surface area (Å²) in [5.41, 5.74) is 0.971. The van der Waals surface area contributed by atoms with Crippen molar-refractivity contribution in [2.45, 2.75) is 26.3 Å². The fourth-order valence-electron chi connectivity index (χ4n) is 2.32. The fraction of sp³-hybridized carbons (Fsp3) is 0.467. The minimum absolute atomic E-state index is 0.0339. The van der Waals surface area contributed by atoms with E-state index in [1.165, 1.54) is 6.92 Å². The molecule has 108 valence electrons. The van der Waals surface area contributed by atoms with Gasteiger partial charge >= 0.3 is 0 Å². The van der Waals surface area contributed by atoms with Crippen molar-refractivity contribution in [3.8, 4) is 0 Å². The molecular formula is C15H19ClN2O2. The Labute approximate surface area is 124 Å². The number of carbonyl (C=O) groups excluding carboxylic acids is 2. The highest BCUT2D eigenvalue weighted by atomic mass is 35.5. The van der Waals surface area contributed by atoms with Crippen LogP contribution in [0.5, 0.6) is 0 Å². The van der Waals surface area contributed by atoms with Crippen molar-refractivity contribution >= 4 is 23.4 Å². The quantitative estimate of drug-likeness (QED) is 0.855. The van der Waals surface area contributed by atoms with Crippen LogP contribution in [0.15, 0.2) is 24.3 Å². The summed E-state index contributed by atoms with van der Waals surface area (Å²) >= 11 is 5.84. The molecule has 5 heteroatoms. The van der Waals surface area contributed by atoms with Crippen molar-refractivity contribution in [1.29, 1.82) is 0 Å². The van der Waals surface area contributed by atoms with Gasteiger partial charge in [-0.3, -0.25) is 9.59 Å². The zero-order chi connectivity index (χ0) is 14.5. The second kappa shape index (κ2) is 6.75. The number of amides is 2. The van der Waals surface area contributed by atoms with Crippen molar-refractivity contribution in [3.05, 3.63) is 34.9 Å². The van der Waals surface area contributed by atoms with E-state index in [1.807, 2.05) is 17.0 Å². The fourth-order valence-corrected chi connectivity index (χ4v) is 2.44. The molecule has 0 saturated carbocycles. The maximum absolute atomic E-state index is 12.1. The van der Waals surface area contributed by atoms with Gasteiger partial charge in [0.2, 0.25) is 11.8 Å². The summed E-state index contributed by atoms with van der Waals surface area (Å²) < 4.78 is 0. The Morgan fingerprint density at radius 1 is 1.20 bits per heavy atom. The van der Waals surface area contributed by atoms with Gasteiger partial charge in [0.15, 0.2) is 0 Å². The molecule has 1 aromatic rings. The number of hydrogen-bond acceptors (Lipinski definition) is 2. The van der Waals surface area contributed by atoms with Crippen molar-refractivity contribution in [2.75, 3.05) is 19.6 Å². The van der Waals surface area contributed by atoms with E-state index in [2.05, 4.69) is 0 Å². The molecule has 4 nitrogen and oxygen atoms in total. The summed E-state index contributed by atoms with van der Waals surface area (Å²) in [5.74, 6) is -0.0563. The molecule has 0 aromatic heterocycles. The van der Waals surface area contributed by atoms with Gasteiger partial charge in [0.25, 0.3) is 0 Å². The third-order valence-corrected chi connectivity index (χ3v) is 3.77. The maximum atomic E-state index is 12.1. The highest BCUT2D eigenvalue weighted by Crippen LogP contribution is 2.13. The molecule has 0 aliphatic carbocycles. The zero-order valence-electron chi connectivity index (χ0n) is 11.6. The van der Waals surface area contributed by atoms with Crippen LogP contribution in [0.4, 0.5) is 0 Å². The van der Waals surface area contributed by atoms with Crippen molar-refractivity contribution < 1.29 is 9.59 Å². The Hall–Kier alpha value is -1.55. The predicted octanol–water partition coefficient (Wildman–Crippen LogP) is 2.31. The van der Waals surface area contributed by atoms with Crippen molar-refractivity contribution in [2.24, 2.45) is 0 Å². The molecule has 1 heterocycles. The smallest absolute Gasteiger partial charge is 0.242 e. The lowest BCUT2D eigenvalue weighted by Gasteiger charge is -2.24. The Bertz CT molecular complexity index is 481. The first-order valence-electron chi connectivity index (χ1n) is 6.84. The third-order valence-electron chi connectivity index (χ3n) is 3.52. The third kappa shape index (κ3) is 3.97. The SMILES string of the molecule is CC(=O)N(CC(=O)N1CCCC1)Cc1ccc(Cl)cc1. The van der Waals surface area contributed by atoms with Gasteiger partial charge in [-0.2, -0.15) is 0 Å². The molecule has 0 radical (unpaired) electrons. The number of rotatable bonds is 4. The number of hydrogen-bond donors (Lipinski definition) is 0. The number of likely N-dealkylation sites (tertiary alicyclic amines) is 1. The van der Waals surface area contributed by atoms with Crippen LogP contribution in [0.3, 0.4) is 0 Å². The number of nitrogens with zero attached hydrogens (tertiary/aromatic N) is 2. The average Bonchev–Trinajstić information content (AvgIpc) is 2.94. The monoisotopic (exact) mass is 294 g/mol. The lowest BCUT2D eigenvalue weighted by atomic mass is 10.2. The second-order valence-electron chi connectivity index (χ2n) is 5.09. The molecule has 2 amide bonds. The highest BCUT2D eigenvalue weighted by molar-refractivity contribution is 6.30. The lowest BCUT2D eigenvalue weighted by molar-refractivity contribution is -0.139. The summed E-state index contributed by atoms with van der Waals surface area (Å²) in [4.78, 5) is 27.2. The predicted molar refractivity (Wildman–Crippen MR) is 78.4 cm³/mol. The topological polar surface area (TPSA) is 40.6 Å². The van der Waals surface area contributed by atoms with Crippen LogP contribution in [0.2, 0.25) is 5.02 Å². The van der Waals surface area contributed by atoms with Crippen LogP contribution in [0, 0.1) is 0 Å². The van der Waals surface area contributed by atoms with E-state index in [9.17, 15) is 9.59 Å². The molecular weight excluding hydrogens is 276 g/mol. The second-order valence-corrected chi connectivity index (χ2v) is 5.53. The lowest BCUT2D eigenvalue weighted by Crippen LogP contribution is -2.40. The van der Waals surface area contributed by atoms with Gasteiger partial charge in [-0.25, -0.2) is 0 Å². The van der Waals surface area contributed by atoms with Crippen LogP contribution in [-0.4, -0.2) is 41.2 Å². The van der Waals surface area contributed by atoms with Gasteiger partial charge in [-0.1, -0.05) is 23.7 Å². The van der Waals surface area contributed by atoms with Gasteiger partial charge in [0.05, 0.1) is 0 Å². The first kappa shape index (κ1) is 14.9. The molecule has 1 fully saturated rings.